The Labute approximate surface area is 140 Å². The molecule has 0 bridgehead atoms. The van der Waals surface area contributed by atoms with Crippen molar-refractivity contribution in [3.05, 3.63) is 29.3 Å². The van der Waals surface area contributed by atoms with Crippen molar-refractivity contribution in [3.63, 3.8) is 0 Å². The monoisotopic (exact) mass is 318 g/mol. The number of aryl methyl sites for hydroxylation is 2. The van der Waals surface area contributed by atoms with E-state index in [1.54, 1.807) is 0 Å². The van der Waals surface area contributed by atoms with E-state index in [4.69, 9.17) is 4.74 Å². The molecular weight excluding hydrogens is 288 g/mol. The fourth-order valence-electron chi connectivity index (χ4n) is 3.34. The highest BCUT2D eigenvalue weighted by Gasteiger charge is 2.43. The molecule has 1 aromatic carbocycles. The van der Waals surface area contributed by atoms with Gasteiger partial charge in [-0.3, -0.25) is 9.69 Å². The van der Waals surface area contributed by atoms with Crippen LogP contribution in [0.1, 0.15) is 45.7 Å². The fourth-order valence-corrected chi connectivity index (χ4v) is 3.34. The minimum atomic E-state index is -0.259. The highest BCUT2D eigenvalue weighted by Crippen LogP contribution is 2.31. The third-order valence-electron chi connectivity index (χ3n) is 5.27. The Hall–Kier alpha value is -1.39. The lowest BCUT2D eigenvalue weighted by Crippen LogP contribution is -2.63. The van der Waals surface area contributed by atoms with E-state index in [1.165, 1.54) is 0 Å². The first-order chi connectivity index (χ1) is 10.6. The summed E-state index contributed by atoms with van der Waals surface area (Å²) in [5, 5.41) is 3.09. The summed E-state index contributed by atoms with van der Waals surface area (Å²) >= 11 is 0. The Kier molecular flexibility index (Phi) is 5.17. The molecule has 1 aromatic rings. The Morgan fingerprint density at radius 2 is 1.78 bits per heavy atom. The summed E-state index contributed by atoms with van der Waals surface area (Å²) in [6.07, 6.45) is 0.106. The van der Waals surface area contributed by atoms with Gasteiger partial charge in [-0.2, -0.15) is 0 Å². The first-order valence-corrected chi connectivity index (χ1v) is 8.43. The molecule has 2 rings (SSSR count). The van der Waals surface area contributed by atoms with Gasteiger partial charge in [0, 0.05) is 17.8 Å². The molecule has 1 heterocycles. The summed E-state index contributed by atoms with van der Waals surface area (Å²) in [5.41, 5.74) is 2.86. The zero-order chi connectivity index (χ0) is 17.4. The van der Waals surface area contributed by atoms with E-state index in [9.17, 15) is 4.79 Å². The highest BCUT2D eigenvalue weighted by atomic mass is 16.5. The number of rotatable bonds is 3. The molecule has 4 nitrogen and oxygen atoms in total. The molecule has 4 heteroatoms. The van der Waals surface area contributed by atoms with E-state index in [0.29, 0.717) is 6.54 Å². The number of amides is 1. The highest BCUT2D eigenvalue weighted by molar-refractivity contribution is 5.93. The maximum atomic E-state index is 12.6. The first kappa shape index (κ1) is 18.0. The molecule has 3 unspecified atom stereocenters. The minimum Gasteiger partial charge on any atom is -0.369 e. The molecule has 128 valence electrons. The molecule has 3 atom stereocenters. The normalized spacial score (nSPS) is 27.7. The van der Waals surface area contributed by atoms with Gasteiger partial charge in [0.2, 0.25) is 5.91 Å². The largest absolute Gasteiger partial charge is 0.369 e. The average Bonchev–Trinajstić information content (AvgIpc) is 2.45. The van der Waals surface area contributed by atoms with E-state index in [-0.39, 0.29) is 29.7 Å². The van der Waals surface area contributed by atoms with E-state index >= 15 is 0 Å². The van der Waals surface area contributed by atoms with Gasteiger partial charge >= 0.3 is 0 Å². The van der Waals surface area contributed by atoms with Crippen molar-refractivity contribution >= 4 is 11.6 Å². The summed E-state index contributed by atoms with van der Waals surface area (Å²) in [6.45, 7) is 15.0. The summed E-state index contributed by atoms with van der Waals surface area (Å²) in [6, 6.07) is 6.44. The zero-order valence-corrected chi connectivity index (χ0v) is 15.4. The van der Waals surface area contributed by atoms with Crippen LogP contribution in [0.25, 0.3) is 0 Å². The third-order valence-corrected chi connectivity index (χ3v) is 5.27. The van der Waals surface area contributed by atoms with Crippen LogP contribution < -0.4 is 5.32 Å². The smallest absolute Gasteiger partial charge is 0.238 e. The molecule has 1 aliphatic rings. The molecule has 1 aliphatic heterocycles. The van der Waals surface area contributed by atoms with E-state index < -0.39 is 0 Å². The number of anilines is 1. The van der Waals surface area contributed by atoms with Gasteiger partial charge in [-0.1, -0.05) is 18.2 Å². The van der Waals surface area contributed by atoms with Crippen LogP contribution >= 0.6 is 0 Å². The molecule has 0 radical (unpaired) electrons. The second-order valence-corrected chi connectivity index (χ2v) is 7.33. The van der Waals surface area contributed by atoms with Crippen LogP contribution in [0, 0.1) is 13.8 Å². The summed E-state index contributed by atoms with van der Waals surface area (Å²) in [5.74, 6) is 0.0333. The first-order valence-electron chi connectivity index (χ1n) is 8.43. The average molecular weight is 318 g/mol. The molecule has 1 saturated heterocycles. The van der Waals surface area contributed by atoms with Crippen molar-refractivity contribution in [1.29, 1.82) is 0 Å². The second-order valence-electron chi connectivity index (χ2n) is 7.33. The lowest BCUT2D eigenvalue weighted by atomic mass is 9.92. The van der Waals surface area contributed by atoms with Gasteiger partial charge in [-0.25, -0.2) is 0 Å². The maximum absolute atomic E-state index is 12.6. The van der Waals surface area contributed by atoms with Crippen molar-refractivity contribution in [2.24, 2.45) is 0 Å². The molecule has 23 heavy (non-hydrogen) atoms. The Bertz CT molecular complexity index is 562. The standard InChI is InChI=1S/C19H30N2O2/c1-12-9-8-10-13(2)18(12)20-17(22)11-21-14(3)15(4)23-19(6,7)16(21)5/h8-10,14-16H,11H2,1-7H3,(H,20,22). The lowest BCUT2D eigenvalue weighted by Gasteiger charge is -2.51. The Morgan fingerprint density at radius 1 is 1.22 bits per heavy atom. The van der Waals surface area contributed by atoms with Gasteiger partial charge in [0.05, 0.1) is 18.2 Å². The van der Waals surface area contributed by atoms with Crippen LogP contribution in [-0.2, 0) is 9.53 Å². The van der Waals surface area contributed by atoms with E-state index in [2.05, 4.69) is 44.8 Å². The molecule has 0 aromatic heterocycles. The van der Waals surface area contributed by atoms with Gasteiger partial charge in [0.25, 0.3) is 0 Å². The summed E-state index contributed by atoms with van der Waals surface area (Å²) in [7, 11) is 0. The van der Waals surface area contributed by atoms with Crippen LogP contribution in [-0.4, -0.2) is 41.1 Å². The van der Waals surface area contributed by atoms with Crippen molar-refractivity contribution in [3.8, 4) is 0 Å². The molecule has 0 spiro atoms. The maximum Gasteiger partial charge on any atom is 0.238 e. The Balaban J connectivity index is 2.12. The molecule has 0 aliphatic carbocycles. The van der Waals surface area contributed by atoms with Crippen LogP contribution in [0.4, 0.5) is 5.69 Å². The van der Waals surface area contributed by atoms with Crippen molar-refractivity contribution in [2.75, 3.05) is 11.9 Å². The number of carbonyl (C=O) groups is 1. The van der Waals surface area contributed by atoms with Gasteiger partial charge in [-0.15, -0.1) is 0 Å². The molecule has 0 saturated carbocycles. The fraction of sp³-hybridized carbons (Fsp3) is 0.632. The predicted molar refractivity (Wildman–Crippen MR) is 94.8 cm³/mol. The number of carbonyl (C=O) groups excluding carboxylic acids is 1. The molecule has 1 amide bonds. The van der Waals surface area contributed by atoms with Gasteiger partial charge in [0.15, 0.2) is 0 Å². The summed E-state index contributed by atoms with van der Waals surface area (Å²) in [4.78, 5) is 14.8. The number of morpholine rings is 1. The van der Waals surface area contributed by atoms with Crippen molar-refractivity contribution in [1.82, 2.24) is 4.90 Å². The number of nitrogens with zero attached hydrogens (tertiary/aromatic N) is 1. The summed E-state index contributed by atoms with van der Waals surface area (Å²) < 4.78 is 6.09. The van der Waals surface area contributed by atoms with E-state index in [1.807, 2.05) is 32.0 Å². The van der Waals surface area contributed by atoms with Gasteiger partial charge in [-0.05, 0) is 59.6 Å². The third kappa shape index (κ3) is 3.75. The van der Waals surface area contributed by atoms with Crippen LogP contribution in [0.3, 0.4) is 0 Å². The number of hydrogen-bond donors (Lipinski definition) is 1. The number of ether oxygens (including phenoxy) is 1. The Morgan fingerprint density at radius 3 is 2.35 bits per heavy atom. The number of hydrogen-bond acceptors (Lipinski definition) is 3. The van der Waals surface area contributed by atoms with Crippen LogP contribution in [0.15, 0.2) is 18.2 Å². The minimum absolute atomic E-state index is 0.0333. The SMILES string of the molecule is Cc1cccc(C)c1NC(=O)CN1C(C)C(C)OC(C)(C)C1C. The van der Waals surface area contributed by atoms with Crippen molar-refractivity contribution in [2.45, 2.75) is 72.3 Å². The second kappa shape index (κ2) is 6.62. The molecular formula is C19H30N2O2. The number of nitrogens with one attached hydrogen (secondary N) is 1. The number of benzene rings is 1. The number of para-hydroxylation sites is 1. The van der Waals surface area contributed by atoms with Gasteiger partial charge in [0.1, 0.15) is 0 Å². The topological polar surface area (TPSA) is 41.6 Å². The lowest BCUT2D eigenvalue weighted by molar-refractivity contribution is -0.183. The van der Waals surface area contributed by atoms with Crippen LogP contribution in [0.2, 0.25) is 0 Å². The predicted octanol–water partition coefficient (Wildman–Crippen LogP) is 3.52. The van der Waals surface area contributed by atoms with Gasteiger partial charge < -0.3 is 10.1 Å². The molecule has 1 fully saturated rings. The van der Waals surface area contributed by atoms with Crippen LogP contribution in [0.5, 0.6) is 0 Å². The van der Waals surface area contributed by atoms with E-state index in [0.717, 1.165) is 16.8 Å². The molecule has 1 N–H and O–H groups in total. The quantitative estimate of drug-likeness (QED) is 0.927. The zero-order valence-electron chi connectivity index (χ0n) is 15.4. The van der Waals surface area contributed by atoms with Crippen molar-refractivity contribution < 1.29 is 9.53 Å².